The molecule has 1 aromatic heterocycles. The van der Waals surface area contributed by atoms with Crippen molar-refractivity contribution in [1.82, 2.24) is 14.9 Å². The van der Waals surface area contributed by atoms with Gasteiger partial charge in [0.25, 0.3) is 11.5 Å². The second-order valence-electron chi connectivity index (χ2n) is 8.58. The summed E-state index contributed by atoms with van der Waals surface area (Å²) in [6.07, 6.45) is 1.78. The quantitative estimate of drug-likeness (QED) is 0.250. The molecule has 0 spiro atoms. The number of nitrogens with one attached hydrogen (secondary N) is 1. The second-order valence-corrected chi connectivity index (χ2v) is 9.53. The number of thioether (sulfide) groups is 1. The van der Waals surface area contributed by atoms with Crippen molar-refractivity contribution in [3.05, 3.63) is 106 Å². The van der Waals surface area contributed by atoms with E-state index in [2.05, 4.69) is 11.9 Å². The van der Waals surface area contributed by atoms with Crippen LogP contribution in [-0.2, 0) is 5.75 Å². The van der Waals surface area contributed by atoms with Crippen molar-refractivity contribution in [2.45, 2.75) is 24.8 Å². The smallest absolute Gasteiger partial charge is 0.266 e. The number of nitrogens with zero attached hydrogens (tertiary/aromatic N) is 2. The number of rotatable bonds is 8. The molecule has 0 aliphatic rings. The van der Waals surface area contributed by atoms with Gasteiger partial charge in [0.1, 0.15) is 5.82 Å². The lowest BCUT2D eigenvalue weighted by Gasteiger charge is -2.14. The third kappa shape index (κ3) is 5.69. The molecule has 5 nitrogen and oxygen atoms in total. The van der Waals surface area contributed by atoms with Gasteiger partial charge in [-0.25, -0.2) is 9.37 Å². The van der Waals surface area contributed by atoms with Crippen molar-refractivity contribution in [3.8, 4) is 5.69 Å². The average Bonchev–Trinajstić information content (AvgIpc) is 2.86. The number of halogens is 1. The van der Waals surface area contributed by atoms with E-state index in [0.717, 1.165) is 11.1 Å². The summed E-state index contributed by atoms with van der Waals surface area (Å²) < 4.78 is 15.5. The summed E-state index contributed by atoms with van der Waals surface area (Å²) in [5.74, 6) is 0.217. The molecule has 0 saturated heterocycles. The van der Waals surface area contributed by atoms with Gasteiger partial charge >= 0.3 is 0 Å². The van der Waals surface area contributed by atoms with Gasteiger partial charge in [-0.15, -0.1) is 0 Å². The van der Waals surface area contributed by atoms with E-state index in [4.69, 9.17) is 4.98 Å². The summed E-state index contributed by atoms with van der Waals surface area (Å²) in [5, 5.41) is 3.66. The molecule has 0 atom stereocenters. The van der Waals surface area contributed by atoms with E-state index in [1.165, 1.54) is 28.5 Å². The Hall–Kier alpha value is -3.71. The number of carbonyl (C=O) groups is 1. The summed E-state index contributed by atoms with van der Waals surface area (Å²) in [5.41, 5.74) is 2.99. The van der Waals surface area contributed by atoms with Gasteiger partial charge in [-0.3, -0.25) is 14.2 Å². The van der Waals surface area contributed by atoms with Crippen LogP contribution in [0.25, 0.3) is 22.7 Å². The molecule has 1 N–H and O–H groups in total. The highest BCUT2D eigenvalue weighted by atomic mass is 32.2. The third-order valence-electron chi connectivity index (χ3n) is 5.42. The molecule has 1 heterocycles. The van der Waals surface area contributed by atoms with Crippen LogP contribution in [0, 0.1) is 11.7 Å². The standard InChI is InChI=1S/C28H26FN3O2S/c1-4-19-8-10-20(11-9-19)17-35-28-31-25-14-21(26(33)30-16-18(2)3)12-13-24(25)27(34)32(28)23-7-5-6-22(29)15-23/h4-15,18H,1,16-17H2,2-3H3,(H,30,33). The molecule has 0 radical (unpaired) electrons. The van der Waals surface area contributed by atoms with Crippen molar-refractivity contribution < 1.29 is 9.18 Å². The zero-order chi connectivity index (χ0) is 24.9. The number of benzene rings is 3. The molecule has 0 aliphatic carbocycles. The monoisotopic (exact) mass is 487 g/mol. The van der Waals surface area contributed by atoms with Crippen LogP contribution in [-0.4, -0.2) is 22.0 Å². The van der Waals surface area contributed by atoms with Gasteiger partial charge in [-0.2, -0.15) is 0 Å². The maximum atomic E-state index is 14.0. The lowest BCUT2D eigenvalue weighted by molar-refractivity contribution is 0.0949. The molecule has 4 aromatic rings. The van der Waals surface area contributed by atoms with Gasteiger partial charge in [-0.05, 0) is 53.4 Å². The Morgan fingerprint density at radius 2 is 1.91 bits per heavy atom. The highest BCUT2D eigenvalue weighted by Crippen LogP contribution is 2.25. The number of carbonyl (C=O) groups excluding carboxylic acids is 1. The van der Waals surface area contributed by atoms with Crippen LogP contribution in [0.15, 0.2) is 83.3 Å². The predicted octanol–water partition coefficient (Wildman–Crippen LogP) is 5.85. The van der Waals surface area contributed by atoms with Gasteiger partial charge in [0.2, 0.25) is 0 Å². The zero-order valence-electron chi connectivity index (χ0n) is 19.6. The van der Waals surface area contributed by atoms with Crippen molar-refractivity contribution in [2.75, 3.05) is 6.54 Å². The fourth-order valence-electron chi connectivity index (χ4n) is 3.54. The highest BCUT2D eigenvalue weighted by Gasteiger charge is 2.16. The van der Waals surface area contributed by atoms with Gasteiger partial charge in [0, 0.05) is 17.9 Å². The van der Waals surface area contributed by atoms with E-state index in [-0.39, 0.29) is 11.5 Å². The van der Waals surface area contributed by atoms with Crippen LogP contribution in [0.3, 0.4) is 0 Å². The third-order valence-corrected chi connectivity index (χ3v) is 6.43. The summed E-state index contributed by atoms with van der Waals surface area (Å²) >= 11 is 1.37. The van der Waals surface area contributed by atoms with Crippen LogP contribution in [0.2, 0.25) is 0 Å². The molecular weight excluding hydrogens is 461 g/mol. The first-order chi connectivity index (χ1) is 16.9. The molecule has 7 heteroatoms. The summed E-state index contributed by atoms with van der Waals surface area (Å²) in [6, 6.07) is 18.7. The van der Waals surface area contributed by atoms with Gasteiger partial charge in [0.15, 0.2) is 5.16 Å². The lowest BCUT2D eigenvalue weighted by atomic mass is 10.1. The summed E-state index contributed by atoms with van der Waals surface area (Å²) in [7, 11) is 0. The van der Waals surface area contributed by atoms with E-state index in [9.17, 15) is 14.0 Å². The first kappa shape index (κ1) is 24.4. The predicted molar refractivity (Wildman–Crippen MR) is 141 cm³/mol. The Labute approximate surface area is 207 Å². The van der Waals surface area contributed by atoms with Crippen LogP contribution in [0.1, 0.15) is 35.3 Å². The van der Waals surface area contributed by atoms with Crippen LogP contribution in [0.4, 0.5) is 4.39 Å². The number of hydrogen-bond acceptors (Lipinski definition) is 4. The summed E-state index contributed by atoms with van der Waals surface area (Å²) in [4.78, 5) is 30.8. The largest absolute Gasteiger partial charge is 0.352 e. The van der Waals surface area contributed by atoms with Gasteiger partial charge in [0.05, 0.1) is 16.6 Å². The van der Waals surface area contributed by atoms with Crippen molar-refractivity contribution in [2.24, 2.45) is 5.92 Å². The molecule has 0 saturated carbocycles. The fraction of sp³-hybridized carbons (Fsp3) is 0.179. The number of amides is 1. The Balaban J connectivity index is 1.77. The van der Waals surface area contributed by atoms with Gasteiger partial charge < -0.3 is 5.32 Å². The Morgan fingerprint density at radius 3 is 2.60 bits per heavy atom. The zero-order valence-corrected chi connectivity index (χ0v) is 20.4. The van der Waals surface area contributed by atoms with E-state index >= 15 is 0 Å². The minimum Gasteiger partial charge on any atom is -0.352 e. The maximum Gasteiger partial charge on any atom is 0.266 e. The minimum absolute atomic E-state index is 0.215. The molecule has 4 rings (SSSR count). The fourth-order valence-corrected chi connectivity index (χ4v) is 4.51. The normalized spacial score (nSPS) is 11.1. The number of hydrogen-bond donors (Lipinski definition) is 1. The van der Waals surface area contributed by atoms with E-state index in [0.29, 0.717) is 45.5 Å². The Bertz CT molecular complexity index is 1450. The Kier molecular flexibility index (Phi) is 7.46. The van der Waals surface area contributed by atoms with Crippen molar-refractivity contribution >= 4 is 34.6 Å². The molecule has 0 unspecified atom stereocenters. The molecule has 178 valence electrons. The van der Waals surface area contributed by atoms with E-state index < -0.39 is 5.82 Å². The van der Waals surface area contributed by atoms with Crippen LogP contribution in [0.5, 0.6) is 0 Å². The first-order valence-corrected chi connectivity index (χ1v) is 12.3. The second kappa shape index (κ2) is 10.7. The maximum absolute atomic E-state index is 14.0. The SMILES string of the molecule is C=Cc1ccc(CSc2nc3cc(C(=O)NCC(C)C)ccc3c(=O)n2-c2cccc(F)c2)cc1. The molecule has 0 bridgehead atoms. The number of aromatic nitrogens is 2. The average molecular weight is 488 g/mol. The first-order valence-electron chi connectivity index (χ1n) is 11.3. The van der Waals surface area contributed by atoms with E-state index in [1.807, 2.05) is 38.1 Å². The summed E-state index contributed by atoms with van der Waals surface area (Å²) in [6.45, 7) is 8.36. The van der Waals surface area contributed by atoms with Crippen molar-refractivity contribution in [1.29, 1.82) is 0 Å². The molecule has 3 aromatic carbocycles. The number of fused-ring (bicyclic) bond motifs is 1. The molecule has 1 amide bonds. The topological polar surface area (TPSA) is 64.0 Å². The molecule has 35 heavy (non-hydrogen) atoms. The minimum atomic E-state index is -0.442. The highest BCUT2D eigenvalue weighted by molar-refractivity contribution is 7.98. The van der Waals surface area contributed by atoms with Gasteiger partial charge in [-0.1, -0.05) is 68.6 Å². The van der Waals surface area contributed by atoms with Crippen molar-refractivity contribution in [3.63, 3.8) is 0 Å². The molecule has 0 fully saturated rings. The molecule has 0 aliphatic heterocycles. The molecular formula is C28H26FN3O2S. The lowest BCUT2D eigenvalue weighted by Crippen LogP contribution is -2.27. The van der Waals surface area contributed by atoms with Crippen LogP contribution >= 0.6 is 11.8 Å². The van der Waals surface area contributed by atoms with E-state index in [1.54, 1.807) is 36.4 Å². The Morgan fingerprint density at radius 1 is 1.14 bits per heavy atom. The van der Waals surface area contributed by atoms with Crippen LogP contribution < -0.4 is 10.9 Å².